The van der Waals surface area contributed by atoms with Gasteiger partial charge in [-0.25, -0.2) is 4.39 Å². The van der Waals surface area contributed by atoms with Gasteiger partial charge in [0.15, 0.2) is 0 Å². The van der Waals surface area contributed by atoms with Crippen molar-refractivity contribution in [2.45, 2.75) is 6.36 Å². The van der Waals surface area contributed by atoms with Gasteiger partial charge in [-0.15, -0.1) is 0 Å². The van der Waals surface area contributed by atoms with E-state index in [1.807, 2.05) is 0 Å². The van der Waals surface area contributed by atoms with Crippen molar-refractivity contribution < 1.29 is 9.50 Å². The summed E-state index contributed by atoms with van der Waals surface area (Å²) in [5.41, 5.74) is 0. The van der Waals surface area contributed by atoms with E-state index in [-0.39, 0.29) is 5.33 Å². The lowest BCUT2D eigenvalue weighted by Crippen LogP contribution is -1.92. The zero-order valence-electron chi connectivity index (χ0n) is 2.45. The van der Waals surface area contributed by atoms with Gasteiger partial charge in [-0.1, -0.05) is 15.9 Å². The number of hydrogen-bond donors (Lipinski definition) is 0. The molecule has 0 aromatic heterocycles. The van der Waals surface area contributed by atoms with Gasteiger partial charge in [-0.3, -0.25) is 0 Å². The molecule has 3 heteroatoms. The van der Waals surface area contributed by atoms with E-state index in [0.717, 1.165) is 0 Å². The molecule has 0 heterocycles. The Morgan fingerprint density at radius 3 is 2.20 bits per heavy atom. The second-order valence-electron chi connectivity index (χ2n) is 0.564. The van der Waals surface area contributed by atoms with Gasteiger partial charge in [0.25, 0.3) is 0 Å². The van der Waals surface area contributed by atoms with Crippen molar-refractivity contribution in [2.24, 2.45) is 0 Å². The maximum Gasteiger partial charge on any atom is 0.241 e. The molecule has 0 saturated heterocycles. The van der Waals surface area contributed by atoms with Crippen molar-refractivity contribution in [3.8, 4) is 0 Å². The summed E-state index contributed by atoms with van der Waals surface area (Å²) in [5.74, 6) is 0. The van der Waals surface area contributed by atoms with Gasteiger partial charge in [-0.05, 0) is 0 Å². The van der Waals surface area contributed by atoms with Crippen LogP contribution in [-0.2, 0) is 5.11 Å². The number of alkyl halides is 2. The van der Waals surface area contributed by atoms with Crippen molar-refractivity contribution in [1.82, 2.24) is 0 Å². The van der Waals surface area contributed by atoms with Crippen LogP contribution in [0.25, 0.3) is 0 Å². The lowest BCUT2D eigenvalue weighted by atomic mass is 10.8. The Morgan fingerprint density at radius 1 is 2.00 bits per heavy atom. The highest BCUT2D eigenvalue weighted by molar-refractivity contribution is 9.09. The summed E-state index contributed by atoms with van der Waals surface area (Å²) in [7, 11) is 0. The molecule has 0 saturated carbocycles. The van der Waals surface area contributed by atoms with Gasteiger partial charge in [0.05, 0.1) is 5.33 Å². The Balaban J connectivity index is 2.54. The first-order valence-electron chi connectivity index (χ1n) is 1.13. The van der Waals surface area contributed by atoms with Gasteiger partial charge in [0.1, 0.15) is 0 Å². The lowest BCUT2D eigenvalue weighted by Gasteiger charge is -1.80. The van der Waals surface area contributed by atoms with Gasteiger partial charge in [0.2, 0.25) is 6.36 Å². The molecule has 0 rings (SSSR count). The summed E-state index contributed by atoms with van der Waals surface area (Å²) in [6.07, 6.45) is -1.95. The minimum atomic E-state index is -1.95. The third-order valence-corrected chi connectivity index (χ3v) is 0.630. The van der Waals surface area contributed by atoms with Crippen LogP contribution in [0.5, 0.6) is 0 Å². The van der Waals surface area contributed by atoms with Gasteiger partial charge < -0.3 is 0 Å². The third kappa shape index (κ3) is 4.37. The van der Waals surface area contributed by atoms with Crippen LogP contribution < -0.4 is 0 Å². The smallest absolute Gasteiger partial charge is 0.212 e. The van der Waals surface area contributed by atoms with Crippen molar-refractivity contribution in [2.75, 3.05) is 5.33 Å². The van der Waals surface area contributed by atoms with Crippen LogP contribution in [0.4, 0.5) is 4.39 Å². The molecule has 1 nitrogen and oxygen atoms in total. The molecule has 5 heavy (non-hydrogen) atoms. The van der Waals surface area contributed by atoms with Crippen LogP contribution in [-0.4, -0.2) is 11.7 Å². The van der Waals surface area contributed by atoms with Gasteiger partial charge in [0, 0.05) is 0 Å². The molecule has 0 aromatic rings. The van der Waals surface area contributed by atoms with Crippen LogP contribution in [0.15, 0.2) is 0 Å². The average Bonchev–Trinajstić information content (AvgIpc) is 1.38. The number of rotatable bonds is 1. The molecule has 31 valence electrons. The third-order valence-electron chi connectivity index (χ3n) is 0.121. The van der Waals surface area contributed by atoms with Crippen LogP contribution in [0.3, 0.4) is 0 Å². The van der Waals surface area contributed by atoms with E-state index in [1.165, 1.54) is 0 Å². The largest absolute Gasteiger partial charge is 0.241 e. The summed E-state index contributed by atoms with van der Waals surface area (Å²) in [5, 5.41) is 9.08. The molecule has 0 aromatic carbocycles. The highest BCUT2D eigenvalue weighted by Crippen LogP contribution is 1.88. The Hall–Kier alpha value is 0.370. The fraction of sp³-hybridized carbons (Fsp3) is 1.00. The van der Waals surface area contributed by atoms with Crippen molar-refractivity contribution in [3.05, 3.63) is 0 Å². The molecule has 0 fully saturated rings. The highest BCUT2D eigenvalue weighted by Gasteiger charge is 1.92. The van der Waals surface area contributed by atoms with E-state index in [2.05, 4.69) is 15.9 Å². The topological polar surface area (TPSA) is 19.9 Å². The monoisotopic (exact) mass is 141 g/mol. The van der Waals surface area contributed by atoms with Crippen LogP contribution in [0.1, 0.15) is 0 Å². The summed E-state index contributed by atoms with van der Waals surface area (Å²) in [4.78, 5) is 0. The molecule has 0 aliphatic carbocycles. The molecule has 0 N–H and O–H groups in total. The second kappa shape index (κ2) is 2.60. The van der Waals surface area contributed by atoms with E-state index in [9.17, 15) is 9.50 Å². The molecule has 0 bridgehead atoms. The Labute approximate surface area is 37.9 Å². The Bertz CT molecular complexity index is 23.6. The minimum absolute atomic E-state index is 0.104. The lowest BCUT2D eigenvalue weighted by molar-refractivity contribution is -0.000625. The van der Waals surface area contributed by atoms with Crippen molar-refractivity contribution in [3.63, 3.8) is 0 Å². The van der Waals surface area contributed by atoms with E-state index >= 15 is 0 Å². The van der Waals surface area contributed by atoms with Crippen molar-refractivity contribution >= 4 is 15.9 Å². The predicted octanol–water partition coefficient (Wildman–Crippen LogP) is 1.11. The molecule has 1 atom stereocenters. The first-order valence-corrected chi connectivity index (χ1v) is 2.25. The fourth-order valence-electron chi connectivity index (χ4n) is 0. The molecule has 0 aliphatic heterocycles. The van der Waals surface area contributed by atoms with Crippen LogP contribution >= 0.6 is 15.9 Å². The van der Waals surface area contributed by atoms with Crippen molar-refractivity contribution in [1.29, 1.82) is 0 Å². The zero-order valence-corrected chi connectivity index (χ0v) is 4.03. The molecule has 1 unspecified atom stereocenters. The van der Waals surface area contributed by atoms with E-state index in [4.69, 9.17) is 0 Å². The summed E-state index contributed by atoms with van der Waals surface area (Å²) in [6, 6.07) is 0. The highest BCUT2D eigenvalue weighted by atomic mass is 79.9. The molecule has 0 aliphatic rings. The zero-order chi connectivity index (χ0) is 4.28. The van der Waals surface area contributed by atoms with Gasteiger partial charge in [-0.2, -0.15) is 5.11 Å². The number of halogens is 2. The van der Waals surface area contributed by atoms with E-state index in [1.54, 1.807) is 0 Å². The standard InChI is InChI=1S/C2H3BrFO/c3-1-2(4)5/h2H,1H2. The summed E-state index contributed by atoms with van der Waals surface area (Å²) in [6.45, 7) is 0. The van der Waals surface area contributed by atoms with Crippen LogP contribution in [0, 0.1) is 0 Å². The van der Waals surface area contributed by atoms with Crippen LogP contribution in [0.2, 0.25) is 0 Å². The first-order chi connectivity index (χ1) is 2.27. The molecular formula is C2H3BrFO. The Kier molecular flexibility index (Phi) is 2.79. The molecule has 1 radical (unpaired) electrons. The summed E-state index contributed by atoms with van der Waals surface area (Å²) < 4.78 is 10.8. The minimum Gasteiger partial charge on any atom is -0.212 e. The predicted molar refractivity (Wildman–Crippen MR) is 19.4 cm³/mol. The van der Waals surface area contributed by atoms with Gasteiger partial charge >= 0.3 is 0 Å². The van der Waals surface area contributed by atoms with E-state index in [0.29, 0.717) is 0 Å². The maximum atomic E-state index is 10.8. The Morgan fingerprint density at radius 2 is 2.20 bits per heavy atom. The fourth-order valence-corrected chi connectivity index (χ4v) is 0. The molecular weight excluding hydrogens is 139 g/mol. The number of hydrogen-bond acceptors (Lipinski definition) is 0. The molecule has 0 spiro atoms. The average molecular weight is 142 g/mol. The molecule has 0 amide bonds. The maximum absolute atomic E-state index is 10.8. The SMILES string of the molecule is [O]C(F)CBr. The quantitative estimate of drug-likeness (QED) is 0.488. The normalized spacial score (nSPS) is 15.0. The van der Waals surface area contributed by atoms with E-state index < -0.39 is 6.36 Å². The second-order valence-corrected chi connectivity index (χ2v) is 1.21. The first kappa shape index (κ1) is 5.37. The summed E-state index contributed by atoms with van der Waals surface area (Å²) >= 11 is 2.63.